The summed E-state index contributed by atoms with van der Waals surface area (Å²) in [6.07, 6.45) is 2.11. The highest BCUT2D eigenvalue weighted by Gasteiger charge is 2.25. The summed E-state index contributed by atoms with van der Waals surface area (Å²) >= 11 is 18.1. The predicted octanol–water partition coefficient (Wildman–Crippen LogP) is 4.87. The SMILES string of the molecule is CCC(Nc1cc(Cl)c(Cl)cc1Cl)C1CCOC1. The summed E-state index contributed by atoms with van der Waals surface area (Å²) in [4.78, 5) is 0. The average molecular weight is 309 g/mol. The van der Waals surface area contributed by atoms with Gasteiger partial charge in [-0.3, -0.25) is 0 Å². The van der Waals surface area contributed by atoms with E-state index in [9.17, 15) is 0 Å². The van der Waals surface area contributed by atoms with E-state index >= 15 is 0 Å². The Kier molecular flexibility index (Phi) is 5.02. The number of rotatable bonds is 4. The Morgan fingerprint density at radius 2 is 2.00 bits per heavy atom. The van der Waals surface area contributed by atoms with Crippen LogP contribution in [0.25, 0.3) is 0 Å². The fourth-order valence-corrected chi connectivity index (χ4v) is 2.86. The molecule has 5 heteroatoms. The van der Waals surface area contributed by atoms with E-state index in [-0.39, 0.29) is 0 Å². The summed E-state index contributed by atoms with van der Waals surface area (Å²) < 4.78 is 5.43. The van der Waals surface area contributed by atoms with Crippen molar-refractivity contribution in [3.63, 3.8) is 0 Å². The number of anilines is 1. The largest absolute Gasteiger partial charge is 0.381 e. The molecule has 0 saturated carbocycles. The molecule has 1 heterocycles. The van der Waals surface area contributed by atoms with Crippen LogP contribution >= 0.6 is 34.8 Å². The molecule has 100 valence electrons. The van der Waals surface area contributed by atoms with Gasteiger partial charge in [0.1, 0.15) is 0 Å². The zero-order chi connectivity index (χ0) is 13.1. The van der Waals surface area contributed by atoms with E-state index < -0.39 is 0 Å². The van der Waals surface area contributed by atoms with Gasteiger partial charge in [-0.25, -0.2) is 0 Å². The van der Waals surface area contributed by atoms with E-state index in [4.69, 9.17) is 39.5 Å². The number of hydrogen-bond donors (Lipinski definition) is 1. The Balaban J connectivity index is 2.13. The van der Waals surface area contributed by atoms with Gasteiger partial charge < -0.3 is 10.1 Å². The molecule has 0 radical (unpaired) electrons. The van der Waals surface area contributed by atoms with Gasteiger partial charge in [0, 0.05) is 18.6 Å². The molecular weight excluding hydrogens is 293 g/mol. The summed E-state index contributed by atoms with van der Waals surface area (Å²) in [5.74, 6) is 0.528. The molecule has 18 heavy (non-hydrogen) atoms. The number of hydrogen-bond acceptors (Lipinski definition) is 2. The zero-order valence-corrected chi connectivity index (χ0v) is 12.4. The van der Waals surface area contributed by atoms with Crippen molar-refractivity contribution in [3.8, 4) is 0 Å². The highest BCUT2D eigenvalue weighted by molar-refractivity contribution is 6.44. The van der Waals surface area contributed by atoms with Gasteiger partial charge in [0.05, 0.1) is 27.4 Å². The highest BCUT2D eigenvalue weighted by atomic mass is 35.5. The second kappa shape index (κ2) is 6.33. The van der Waals surface area contributed by atoms with E-state index in [0.29, 0.717) is 27.0 Å². The summed E-state index contributed by atoms with van der Waals surface area (Å²) in [6.45, 7) is 3.81. The quantitative estimate of drug-likeness (QED) is 0.801. The fraction of sp³-hybridized carbons (Fsp3) is 0.538. The molecule has 1 aliphatic rings. The van der Waals surface area contributed by atoms with Crippen LogP contribution in [-0.4, -0.2) is 19.3 Å². The lowest BCUT2D eigenvalue weighted by atomic mass is 9.96. The van der Waals surface area contributed by atoms with Crippen molar-refractivity contribution in [3.05, 3.63) is 27.2 Å². The van der Waals surface area contributed by atoms with Gasteiger partial charge >= 0.3 is 0 Å². The number of nitrogens with one attached hydrogen (secondary N) is 1. The Bertz CT molecular complexity index is 419. The van der Waals surface area contributed by atoms with Gasteiger partial charge in [-0.1, -0.05) is 41.7 Å². The van der Waals surface area contributed by atoms with Crippen LogP contribution in [0.15, 0.2) is 12.1 Å². The Labute approximate surface area is 123 Å². The van der Waals surface area contributed by atoms with Crippen molar-refractivity contribution in [1.82, 2.24) is 0 Å². The van der Waals surface area contributed by atoms with Crippen molar-refractivity contribution in [2.45, 2.75) is 25.8 Å². The molecule has 2 atom stereocenters. The maximum absolute atomic E-state index is 6.17. The highest BCUT2D eigenvalue weighted by Crippen LogP contribution is 2.34. The van der Waals surface area contributed by atoms with Crippen LogP contribution in [0, 0.1) is 5.92 Å². The van der Waals surface area contributed by atoms with E-state index in [1.807, 2.05) is 0 Å². The van der Waals surface area contributed by atoms with Gasteiger partial charge in [0.2, 0.25) is 0 Å². The number of halogens is 3. The molecular formula is C13H16Cl3NO. The summed E-state index contributed by atoms with van der Waals surface area (Å²) in [7, 11) is 0. The average Bonchev–Trinajstić information content (AvgIpc) is 2.85. The third-order valence-electron chi connectivity index (χ3n) is 3.32. The van der Waals surface area contributed by atoms with Crippen molar-refractivity contribution >= 4 is 40.5 Å². The van der Waals surface area contributed by atoms with Crippen molar-refractivity contribution in [2.75, 3.05) is 18.5 Å². The van der Waals surface area contributed by atoms with Crippen LogP contribution in [0.2, 0.25) is 15.1 Å². The molecule has 2 rings (SSSR count). The van der Waals surface area contributed by atoms with Crippen LogP contribution in [-0.2, 0) is 4.74 Å². The molecule has 1 aromatic carbocycles. The number of ether oxygens (including phenoxy) is 1. The van der Waals surface area contributed by atoms with Gasteiger partial charge in [-0.15, -0.1) is 0 Å². The van der Waals surface area contributed by atoms with Gasteiger partial charge in [-0.05, 0) is 25.0 Å². The maximum Gasteiger partial charge on any atom is 0.0653 e. The normalized spacial score (nSPS) is 21.0. The Hall–Kier alpha value is -0.150. The minimum atomic E-state index is 0.349. The minimum absolute atomic E-state index is 0.349. The van der Waals surface area contributed by atoms with Crippen molar-refractivity contribution in [2.24, 2.45) is 5.92 Å². The summed E-state index contributed by atoms with van der Waals surface area (Å²) in [5.41, 5.74) is 0.838. The van der Waals surface area contributed by atoms with Crippen LogP contribution in [0.3, 0.4) is 0 Å². The van der Waals surface area contributed by atoms with E-state index in [1.54, 1.807) is 12.1 Å². The molecule has 1 aliphatic heterocycles. The summed E-state index contributed by atoms with van der Waals surface area (Å²) in [5, 5.41) is 5.04. The lowest BCUT2D eigenvalue weighted by molar-refractivity contribution is 0.182. The fourth-order valence-electron chi connectivity index (χ4n) is 2.26. The van der Waals surface area contributed by atoms with Gasteiger partial charge in [0.25, 0.3) is 0 Å². The molecule has 0 amide bonds. The molecule has 0 spiro atoms. The Morgan fingerprint density at radius 3 is 2.61 bits per heavy atom. The number of benzene rings is 1. The molecule has 1 fully saturated rings. The van der Waals surface area contributed by atoms with Crippen molar-refractivity contribution < 1.29 is 4.74 Å². The Morgan fingerprint density at radius 1 is 1.28 bits per heavy atom. The predicted molar refractivity (Wildman–Crippen MR) is 78.1 cm³/mol. The first-order valence-corrected chi connectivity index (χ1v) is 7.24. The molecule has 0 bridgehead atoms. The molecule has 1 saturated heterocycles. The first-order valence-electron chi connectivity index (χ1n) is 6.10. The second-order valence-electron chi connectivity index (χ2n) is 4.53. The van der Waals surface area contributed by atoms with Gasteiger partial charge in [0.15, 0.2) is 0 Å². The standard InChI is InChI=1S/C13H16Cl3NO/c1-2-12(8-3-4-18-7-8)17-13-6-10(15)9(14)5-11(13)16/h5-6,8,12,17H,2-4,7H2,1H3. The smallest absolute Gasteiger partial charge is 0.0653 e. The lowest BCUT2D eigenvalue weighted by Crippen LogP contribution is -2.28. The van der Waals surface area contributed by atoms with Crippen LogP contribution in [0.4, 0.5) is 5.69 Å². The van der Waals surface area contributed by atoms with Crippen molar-refractivity contribution in [1.29, 1.82) is 0 Å². The second-order valence-corrected chi connectivity index (χ2v) is 5.75. The molecule has 0 aliphatic carbocycles. The monoisotopic (exact) mass is 307 g/mol. The topological polar surface area (TPSA) is 21.3 Å². The maximum atomic E-state index is 6.17. The van der Waals surface area contributed by atoms with Crippen LogP contribution < -0.4 is 5.32 Å². The molecule has 0 aromatic heterocycles. The van der Waals surface area contributed by atoms with Crippen LogP contribution in [0.1, 0.15) is 19.8 Å². The first-order chi connectivity index (χ1) is 8.61. The van der Waals surface area contributed by atoms with E-state index in [1.165, 1.54) is 0 Å². The third-order valence-corrected chi connectivity index (χ3v) is 4.36. The van der Waals surface area contributed by atoms with E-state index in [2.05, 4.69) is 12.2 Å². The molecule has 1 aromatic rings. The van der Waals surface area contributed by atoms with Crippen LogP contribution in [0.5, 0.6) is 0 Å². The minimum Gasteiger partial charge on any atom is -0.381 e. The molecule has 1 N–H and O–H groups in total. The molecule has 2 nitrogen and oxygen atoms in total. The van der Waals surface area contributed by atoms with E-state index in [0.717, 1.165) is 31.7 Å². The molecule has 2 unspecified atom stereocenters. The van der Waals surface area contributed by atoms with Gasteiger partial charge in [-0.2, -0.15) is 0 Å². The third kappa shape index (κ3) is 3.24. The zero-order valence-electron chi connectivity index (χ0n) is 10.2. The summed E-state index contributed by atoms with van der Waals surface area (Å²) in [6, 6.07) is 3.80. The first kappa shape index (κ1) is 14.3. The lowest BCUT2D eigenvalue weighted by Gasteiger charge is -2.24.